The molecule has 1 aliphatic rings. The highest BCUT2D eigenvalue weighted by Gasteiger charge is 2.14. The third kappa shape index (κ3) is 5.65. The molecule has 1 saturated heterocycles. The smallest absolute Gasteiger partial charge is 0.0947 e. The van der Waals surface area contributed by atoms with E-state index in [4.69, 9.17) is 0 Å². The summed E-state index contributed by atoms with van der Waals surface area (Å²) in [5.74, 6) is 0. The lowest BCUT2D eigenvalue weighted by molar-refractivity contribution is 0.360. The summed E-state index contributed by atoms with van der Waals surface area (Å²) < 4.78 is 2.80. The van der Waals surface area contributed by atoms with Crippen LogP contribution in [0.1, 0.15) is 19.3 Å². The van der Waals surface area contributed by atoms with Crippen molar-refractivity contribution in [1.82, 2.24) is 4.57 Å². The predicted octanol–water partition coefficient (Wildman–Crippen LogP) is 2.31. The van der Waals surface area contributed by atoms with Crippen molar-refractivity contribution in [2.45, 2.75) is 51.0 Å². The highest BCUT2D eigenvalue weighted by molar-refractivity contribution is 6.76. The van der Waals surface area contributed by atoms with Crippen molar-refractivity contribution in [3.63, 3.8) is 0 Å². The molecule has 0 saturated carbocycles. The van der Waals surface area contributed by atoms with Gasteiger partial charge in [0.1, 0.15) is 0 Å². The zero-order valence-corrected chi connectivity index (χ0v) is 12.0. The standard InChI is InChI=1S/C10H25NSi2/c1-13(2,3)10-9-12-11-7-5-4-6-8-11/h4-10,12H2,1-3H3. The molecule has 0 bridgehead atoms. The van der Waals surface area contributed by atoms with Crippen molar-refractivity contribution in [1.29, 1.82) is 0 Å². The fourth-order valence-corrected chi connectivity index (χ4v) is 8.23. The molecule has 0 aliphatic carbocycles. The topological polar surface area (TPSA) is 3.24 Å². The highest BCUT2D eigenvalue weighted by atomic mass is 28.3. The lowest BCUT2D eigenvalue weighted by Gasteiger charge is -2.27. The molecule has 0 N–H and O–H groups in total. The van der Waals surface area contributed by atoms with E-state index in [0.29, 0.717) is 0 Å². The van der Waals surface area contributed by atoms with Gasteiger partial charge < -0.3 is 4.57 Å². The van der Waals surface area contributed by atoms with E-state index < -0.39 is 8.07 Å². The molecule has 1 heterocycles. The third-order valence-electron chi connectivity index (χ3n) is 2.85. The van der Waals surface area contributed by atoms with E-state index in [1.54, 1.807) is 12.1 Å². The average molecular weight is 215 g/mol. The summed E-state index contributed by atoms with van der Waals surface area (Å²) >= 11 is 0. The molecule has 0 radical (unpaired) electrons. The van der Waals surface area contributed by atoms with Crippen LogP contribution in [0.5, 0.6) is 0 Å². The molecule has 0 aromatic carbocycles. The molecule has 0 spiro atoms. The van der Waals surface area contributed by atoms with Gasteiger partial charge in [0.25, 0.3) is 0 Å². The second-order valence-corrected chi connectivity index (χ2v) is 13.2. The van der Waals surface area contributed by atoms with Crippen LogP contribution in [-0.4, -0.2) is 35.4 Å². The maximum absolute atomic E-state index is 2.80. The Morgan fingerprint density at radius 2 is 1.69 bits per heavy atom. The summed E-state index contributed by atoms with van der Waals surface area (Å²) in [5, 5.41) is 0. The molecule has 1 aliphatic heterocycles. The number of piperidine rings is 1. The Balaban J connectivity index is 2.04. The van der Waals surface area contributed by atoms with Crippen LogP contribution in [0.3, 0.4) is 0 Å². The highest BCUT2D eigenvalue weighted by Crippen LogP contribution is 2.13. The van der Waals surface area contributed by atoms with E-state index in [-0.39, 0.29) is 9.68 Å². The first-order valence-corrected chi connectivity index (χ1v) is 11.1. The van der Waals surface area contributed by atoms with Crippen LogP contribution >= 0.6 is 0 Å². The SMILES string of the molecule is C[Si](C)(C)CC[SiH2]N1CCCCC1. The molecule has 0 aromatic rings. The van der Waals surface area contributed by atoms with E-state index in [2.05, 4.69) is 24.2 Å². The Bertz CT molecular complexity index is 136. The molecule has 1 rings (SSSR count). The molecule has 0 unspecified atom stereocenters. The van der Waals surface area contributed by atoms with Gasteiger partial charge in [0.2, 0.25) is 0 Å². The summed E-state index contributed by atoms with van der Waals surface area (Å²) in [6, 6.07) is 3.14. The summed E-state index contributed by atoms with van der Waals surface area (Å²) in [4.78, 5) is 0. The fraction of sp³-hybridized carbons (Fsp3) is 1.00. The molecule has 0 amide bonds. The van der Waals surface area contributed by atoms with Gasteiger partial charge in [0.05, 0.1) is 9.68 Å². The van der Waals surface area contributed by atoms with Crippen LogP contribution in [0.15, 0.2) is 0 Å². The normalized spacial score (nSPS) is 21.5. The summed E-state index contributed by atoms with van der Waals surface area (Å²) in [7, 11) is -0.580. The van der Waals surface area contributed by atoms with E-state index in [1.165, 1.54) is 32.4 Å². The third-order valence-corrected chi connectivity index (χ3v) is 7.35. The first kappa shape index (κ1) is 11.5. The number of nitrogens with zero attached hydrogens (tertiary/aromatic N) is 1. The Morgan fingerprint density at radius 3 is 2.23 bits per heavy atom. The Morgan fingerprint density at radius 1 is 1.08 bits per heavy atom. The first-order valence-electron chi connectivity index (χ1n) is 5.80. The predicted molar refractivity (Wildman–Crippen MR) is 66.9 cm³/mol. The Labute approximate surface area is 86.8 Å². The van der Waals surface area contributed by atoms with Gasteiger partial charge in [-0.2, -0.15) is 0 Å². The van der Waals surface area contributed by atoms with Gasteiger partial charge in [-0.25, -0.2) is 0 Å². The van der Waals surface area contributed by atoms with Crippen molar-refractivity contribution in [2.75, 3.05) is 13.1 Å². The maximum Gasteiger partial charge on any atom is 0.0947 e. The summed E-state index contributed by atoms with van der Waals surface area (Å²) in [5.41, 5.74) is 0. The maximum atomic E-state index is 2.80. The van der Waals surface area contributed by atoms with Gasteiger partial charge in [0.15, 0.2) is 0 Å². The molecule has 0 aromatic heterocycles. The summed E-state index contributed by atoms with van der Waals surface area (Å²) in [6.45, 7) is 10.3. The summed E-state index contributed by atoms with van der Waals surface area (Å²) in [6.07, 6.45) is 4.43. The van der Waals surface area contributed by atoms with Crippen LogP contribution < -0.4 is 0 Å². The molecule has 13 heavy (non-hydrogen) atoms. The second-order valence-electron chi connectivity index (χ2n) is 5.57. The van der Waals surface area contributed by atoms with E-state index >= 15 is 0 Å². The van der Waals surface area contributed by atoms with Gasteiger partial charge in [-0.05, 0) is 25.9 Å². The lowest BCUT2D eigenvalue weighted by Crippen LogP contribution is -2.34. The zero-order valence-electron chi connectivity index (χ0n) is 9.60. The molecule has 3 heteroatoms. The molecule has 78 valence electrons. The van der Waals surface area contributed by atoms with E-state index in [1.807, 2.05) is 0 Å². The van der Waals surface area contributed by atoms with Crippen LogP contribution in [-0.2, 0) is 0 Å². The Kier molecular flexibility index (Phi) is 4.69. The van der Waals surface area contributed by atoms with E-state index in [0.717, 1.165) is 0 Å². The number of rotatable bonds is 4. The molecule has 1 fully saturated rings. The minimum Gasteiger partial charge on any atom is -0.329 e. The first-order chi connectivity index (χ1) is 6.08. The van der Waals surface area contributed by atoms with Crippen LogP contribution in [0.25, 0.3) is 0 Å². The van der Waals surface area contributed by atoms with Gasteiger partial charge in [-0.15, -0.1) is 0 Å². The number of hydrogen-bond donors (Lipinski definition) is 0. The molecule has 1 nitrogen and oxygen atoms in total. The lowest BCUT2D eigenvalue weighted by atomic mass is 10.2. The van der Waals surface area contributed by atoms with Gasteiger partial charge >= 0.3 is 0 Å². The van der Waals surface area contributed by atoms with Crippen molar-refractivity contribution in [3.05, 3.63) is 0 Å². The minimum absolute atomic E-state index is 0.154. The number of hydrogen-bond acceptors (Lipinski definition) is 1. The minimum atomic E-state index is -0.734. The van der Waals surface area contributed by atoms with Crippen molar-refractivity contribution in [2.24, 2.45) is 0 Å². The molecular weight excluding hydrogens is 190 g/mol. The second kappa shape index (κ2) is 5.32. The van der Waals surface area contributed by atoms with Crippen LogP contribution in [0.2, 0.25) is 31.7 Å². The molecule has 0 atom stereocenters. The van der Waals surface area contributed by atoms with E-state index in [9.17, 15) is 0 Å². The largest absolute Gasteiger partial charge is 0.329 e. The van der Waals surface area contributed by atoms with Gasteiger partial charge in [-0.3, -0.25) is 0 Å². The van der Waals surface area contributed by atoms with Crippen molar-refractivity contribution < 1.29 is 0 Å². The van der Waals surface area contributed by atoms with Crippen molar-refractivity contribution >= 4 is 17.8 Å². The quantitative estimate of drug-likeness (QED) is 0.651. The fourth-order valence-electron chi connectivity index (χ4n) is 2.02. The van der Waals surface area contributed by atoms with Gasteiger partial charge in [-0.1, -0.05) is 38.2 Å². The monoisotopic (exact) mass is 215 g/mol. The van der Waals surface area contributed by atoms with Gasteiger partial charge in [0, 0.05) is 8.07 Å². The Hall–Kier alpha value is 0.394. The van der Waals surface area contributed by atoms with Crippen LogP contribution in [0.4, 0.5) is 0 Å². The molecular formula is C10H25NSi2. The average Bonchev–Trinajstić information content (AvgIpc) is 2.04. The van der Waals surface area contributed by atoms with Crippen molar-refractivity contribution in [3.8, 4) is 0 Å². The zero-order chi connectivity index (χ0) is 9.73. The van der Waals surface area contributed by atoms with Crippen LogP contribution in [0, 0.1) is 0 Å².